The number of allylic oxidation sites excluding steroid dienone is 1. The van der Waals surface area contributed by atoms with Crippen molar-refractivity contribution in [2.75, 3.05) is 26.4 Å². The number of amides is 2. The van der Waals surface area contributed by atoms with E-state index in [4.69, 9.17) is 18.9 Å². The number of carbonyl (C=O) groups excluding carboxylic acids is 3. The van der Waals surface area contributed by atoms with E-state index in [1.54, 1.807) is 12.2 Å². The van der Waals surface area contributed by atoms with Crippen LogP contribution in [0.3, 0.4) is 0 Å². The first-order chi connectivity index (χ1) is 22.5. The van der Waals surface area contributed by atoms with E-state index in [9.17, 15) is 19.5 Å². The van der Waals surface area contributed by atoms with E-state index in [1.165, 1.54) is 6.08 Å². The first-order valence-electron chi connectivity index (χ1n) is 15.5. The predicted molar refractivity (Wildman–Crippen MR) is 170 cm³/mol. The van der Waals surface area contributed by atoms with Crippen LogP contribution in [0.2, 0.25) is 0 Å². The van der Waals surface area contributed by atoms with Gasteiger partial charge in [0, 0.05) is 0 Å². The first kappa shape index (κ1) is 32.8. The Labute approximate surface area is 269 Å². The minimum atomic E-state index is -1.12. The smallest absolute Gasteiger partial charge is 0.416 e. The van der Waals surface area contributed by atoms with Crippen LogP contribution in [0.15, 0.2) is 115 Å². The second kappa shape index (κ2) is 16.7. The molecule has 2 aliphatic rings. The van der Waals surface area contributed by atoms with E-state index in [0.29, 0.717) is 31.8 Å². The molecule has 0 radical (unpaired) electrons. The van der Waals surface area contributed by atoms with Gasteiger partial charge < -0.3 is 24.1 Å². The lowest BCUT2D eigenvalue weighted by Gasteiger charge is -2.31. The number of ether oxygens (including phenoxy) is 4. The van der Waals surface area contributed by atoms with Gasteiger partial charge in [0.05, 0.1) is 38.4 Å². The van der Waals surface area contributed by atoms with Crippen molar-refractivity contribution in [1.29, 1.82) is 0 Å². The molecule has 0 unspecified atom stereocenters. The molecular formula is C37H39NO8. The quantitative estimate of drug-likeness (QED) is 0.239. The molecule has 0 bridgehead atoms. The summed E-state index contributed by atoms with van der Waals surface area (Å²) in [6.45, 7) is 0.831. The van der Waals surface area contributed by atoms with Gasteiger partial charge in [0.25, 0.3) is 0 Å². The number of rotatable bonds is 15. The Morgan fingerprint density at radius 1 is 0.913 bits per heavy atom. The molecule has 1 fully saturated rings. The summed E-state index contributed by atoms with van der Waals surface area (Å²) in [4.78, 5) is 41.4. The number of hydrogen-bond donors (Lipinski definition) is 1. The molecule has 4 atom stereocenters. The zero-order valence-corrected chi connectivity index (χ0v) is 25.6. The maximum absolute atomic E-state index is 14.1. The van der Waals surface area contributed by atoms with Crippen molar-refractivity contribution in [2.24, 2.45) is 5.92 Å². The average Bonchev–Trinajstić information content (AvgIpc) is 3.45. The molecular weight excluding hydrogens is 586 g/mol. The van der Waals surface area contributed by atoms with Crippen molar-refractivity contribution in [3.63, 3.8) is 0 Å². The number of imide groups is 1. The van der Waals surface area contributed by atoms with Gasteiger partial charge in [0.15, 0.2) is 11.9 Å². The van der Waals surface area contributed by atoms with E-state index in [-0.39, 0.29) is 32.0 Å². The number of carbonyl (C=O) groups is 3. The Morgan fingerprint density at radius 3 is 2.24 bits per heavy atom. The second-order valence-electron chi connectivity index (χ2n) is 11.3. The zero-order valence-electron chi connectivity index (χ0n) is 25.6. The molecule has 2 heterocycles. The van der Waals surface area contributed by atoms with Crippen LogP contribution in [-0.2, 0) is 48.0 Å². The van der Waals surface area contributed by atoms with Crippen molar-refractivity contribution >= 4 is 17.8 Å². The standard InChI is InChI=1S/C37H39NO8/c39-23-32(44-24-29-15-8-3-9-16-29)26-43-20-10-17-31-18-19-34(40)35(46-31)33(22-28-13-6-2-7-14-28)36(41)38-30(25-45-37(38)42)21-27-11-4-1-5-12-27/h1-9,11-19,30,32-33,35,39H,10,20-26H2/t30-,32+,33-,35-/m0/s1. The summed E-state index contributed by atoms with van der Waals surface area (Å²) in [6.07, 6.45) is 3.58. The zero-order chi connectivity index (χ0) is 32.1. The van der Waals surface area contributed by atoms with E-state index >= 15 is 0 Å². The first-order valence-corrected chi connectivity index (χ1v) is 15.5. The van der Waals surface area contributed by atoms with Gasteiger partial charge in [-0.2, -0.15) is 0 Å². The average molecular weight is 626 g/mol. The highest BCUT2D eigenvalue weighted by Gasteiger charge is 2.45. The summed E-state index contributed by atoms with van der Waals surface area (Å²) in [6, 6.07) is 28.2. The van der Waals surface area contributed by atoms with Crippen LogP contribution in [0.25, 0.3) is 0 Å². The molecule has 9 nitrogen and oxygen atoms in total. The van der Waals surface area contributed by atoms with Crippen LogP contribution in [0.1, 0.15) is 23.1 Å². The molecule has 0 saturated carbocycles. The van der Waals surface area contributed by atoms with Crippen LogP contribution in [0, 0.1) is 5.92 Å². The molecule has 0 aliphatic carbocycles. The van der Waals surface area contributed by atoms with Crippen molar-refractivity contribution in [3.8, 4) is 0 Å². The number of aliphatic hydroxyl groups is 1. The molecule has 46 heavy (non-hydrogen) atoms. The third-order valence-electron chi connectivity index (χ3n) is 7.89. The number of benzene rings is 3. The Kier molecular flexibility index (Phi) is 11.9. The molecule has 9 heteroatoms. The summed E-state index contributed by atoms with van der Waals surface area (Å²) in [5, 5.41) is 9.67. The van der Waals surface area contributed by atoms with Gasteiger partial charge in [-0.05, 0) is 54.2 Å². The molecule has 3 aromatic carbocycles. The monoisotopic (exact) mass is 625 g/mol. The number of cyclic esters (lactones) is 1. The third kappa shape index (κ3) is 9.00. The summed E-state index contributed by atoms with van der Waals surface area (Å²) >= 11 is 0. The summed E-state index contributed by atoms with van der Waals surface area (Å²) in [5.41, 5.74) is 2.82. The fourth-order valence-electron chi connectivity index (χ4n) is 5.48. The van der Waals surface area contributed by atoms with Crippen molar-refractivity contribution in [3.05, 3.63) is 132 Å². The highest BCUT2D eigenvalue weighted by atomic mass is 16.6. The van der Waals surface area contributed by atoms with E-state index < -0.39 is 36.2 Å². The van der Waals surface area contributed by atoms with Crippen LogP contribution in [-0.4, -0.2) is 72.5 Å². The molecule has 5 rings (SSSR count). The molecule has 2 aliphatic heterocycles. The van der Waals surface area contributed by atoms with Gasteiger partial charge in [-0.1, -0.05) is 91.0 Å². The minimum Gasteiger partial charge on any atom is -0.482 e. The van der Waals surface area contributed by atoms with E-state index in [1.807, 2.05) is 91.0 Å². The van der Waals surface area contributed by atoms with Gasteiger partial charge in [-0.3, -0.25) is 9.59 Å². The number of aliphatic hydroxyl groups excluding tert-OH is 1. The molecule has 1 saturated heterocycles. The third-order valence-corrected chi connectivity index (χ3v) is 7.89. The summed E-state index contributed by atoms with van der Waals surface area (Å²) in [5.74, 6) is -1.39. The van der Waals surface area contributed by atoms with Crippen molar-refractivity contribution in [2.45, 2.75) is 44.1 Å². The Balaban J connectivity index is 1.23. The summed E-state index contributed by atoms with van der Waals surface area (Å²) < 4.78 is 23.0. The fraction of sp³-hybridized carbons (Fsp3) is 0.324. The normalized spacial score (nSPS) is 19.9. The molecule has 0 spiro atoms. The minimum absolute atomic E-state index is 0.0798. The van der Waals surface area contributed by atoms with Gasteiger partial charge in [0.2, 0.25) is 5.91 Å². The highest BCUT2D eigenvalue weighted by molar-refractivity contribution is 6.02. The van der Waals surface area contributed by atoms with Crippen molar-refractivity contribution in [1.82, 2.24) is 4.90 Å². The molecule has 240 valence electrons. The van der Waals surface area contributed by atoms with Crippen LogP contribution >= 0.6 is 0 Å². The lowest BCUT2D eigenvalue weighted by molar-refractivity contribution is -0.143. The van der Waals surface area contributed by atoms with E-state index in [2.05, 4.69) is 0 Å². The SMILES string of the molecule is O=C1C=CC(=CCCOC[C@@H](CO)OCc2ccccc2)O[C@H]1[C@H](Cc1ccccc1)C(=O)N1C(=O)OC[C@@H]1Cc1ccccc1. The molecule has 1 N–H and O–H groups in total. The van der Waals surface area contributed by atoms with E-state index in [0.717, 1.165) is 21.6 Å². The largest absolute Gasteiger partial charge is 0.482 e. The predicted octanol–water partition coefficient (Wildman–Crippen LogP) is 4.83. The second-order valence-corrected chi connectivity index (χ2v) is 11.3. The van der Waals surface area contributed by atoms with Crippen LogP contribution in [0.4, 0.5) is 4.79 Å². The Bertz CT molecular complexity index is 1490. The van der Waals surface area contributed by atoms with Crippen molar-refractivity contribution < 1.29 is 38.4 Å². The van der Waals surface area contributed by atoms with Gasteiger partial charge in [0.1, 0.15) is 18.5 Å². The fourth-order valence-corrected chi connectivity index (χ4v) is 5.48. The van der Waals surface area contributed by atoms with Gasteiger partial charge in [-0.15, -0.1) is 0 Å². The highest BCUT2D eigenvalue weighted by Crippen LogP contribution is 2.28. The number of nitrogens with zero attached hydrogens (tertiary/aromatic N) is 1. The summed E-state index contributed by atoms with van der Waals surface area (Å²) in [7, 11) is 0. The Morgan fingerprint density at radius 2 is 1.57 bits per heavy atom. The molecule has 2 amide bonds. The maximum atomic E-state index is 14.1. The maximum Gasteiger partial charge on any atom is 0.416 e. The topological polar surface area (TPSA) is 112 Å². The van der Waals surface area contributed by atoms with Crippen LogP contribution in [0.5, 0.6) is 0 Å². The molecule has 0 aromatic heterocycles. The molecule has 3 aromatic rings. The van der Waals surface area contributed by atoms with Gasteiger partial charge >= 0.3 is 6.09 Å². The lowest BCUT2D eigenvalue weighted by Crippen LogP contribution is -2.49. The lowest BCUT2D eigenvalue weighted by atomic mass is 9.88. The number of hydrogen-bond acceptors (Lipinski definition) is 8. The number of ketones is 1. The Hall–Kier alpha value is -4.57. The van der Waals surface area contributed by atoms with Gasteiger partial charge in [-0.25, -0.2) is 9.69 Å². The van der Waals surface area contributed by atoms with Crippen LogP contribution < -0.4 is 0 Å².